The van der Waals surface area contributed by atoms with Crippen molar-refractivity contribution in [3.63, 3.8) is 0 Å². The fraction of sp³-hybridized carbons (Fsp3) is 0.317. The Kier molecular flexibility index (Phi) is 10.6. The molecule has 3 N–H and O–H groups in total. The highest BCUT2D eigenvalue weighted by Gasteiger charge is 2.44. The van der Waals surface area contributed by atoms with Gasteiger partial charge >= 0.3 is 0 Å². The monoisotopic (exact) mass is 710 g/mol. The lowest BCUT2D eigenvalue weighted by molar-refractivity contribution is -0.117. The summed E-state index contributed by atoms with van der Waals surface area (Å²) in [7, 11) is -4.17. The van der Waals surface area contributed by atoms with Crippen LogP contribution in [0.1, 0.15) is 77.6 Å². The molecule has 4 aromatic rings. The number of aryl methyl sites for hydroxylation is 1. The van der Waals surface area contributed by atoms with E-state index in [4.69, 9.17) is 16.2 Å². The van der Waals surface area contributed by atoms with Gasteiger partial charge in [0.15, 0.2) is 0 Å². The van der Waals surface area contributed by atoms with Crippen molar-refractivity contribution in [3.05, 3.63) is 130 Å². The molecule has 0 spiro atoms. The van der Waals surface area contributed by atoms with Gasteiger partial charge in [0.25, 0.3) is 16.0 Å². The molecule has 260 valence electrons. The van der Waals surface area contributed by atoms with E-state index in [1.807, 2.05) is 49.4 Å². The summed E-state index contributed by atoms with van der Waals surface area (Å²) in [5.41, 5.74) is 9.08. The number of nitrogens with one attached hydrogen (secondary N) is 2. The Morgan fingerprint density at radius 2 is 1.62 bits per heavy atom. The number of anilines is 1. The van der Waals surface area contributed by atoms with Crippen molar-refractivity contribution in [3.8, 4) is 11.1 Å². The number of benzene rings is 4. The largest absolute Gasteiger partial charge is 0.351 e. The van der Waals surface area contributed by atoms with Gasteiger partial charge in [-0.1, -0.05) is 79.2 Å². The highest BCUT2D eigenvalue weighted by molar-refractivity contribution is 7.85. The van der Waals surface area contributed by atoms with Crippen LogP contribution in [-0.2, 0) is 21.3 Å². The number of rotatable bonds is 12. The molecule has 0 heterocycles. The van der Waals surface area contributed by atoms with Gasteiger partial charge in [-0.05, 0) is 132 Å². The lowest BCUT2D eigenvalue weighted by atomic mass is 9.78. The highest BCUT2D eigenvalue weighted by Crippen LogP contribution is 2.56. The number of hydrogen-bond acceptors (Lipinski definition) is 4. The van der Waals surface area contributed by atoms with Crippen LogP contribution in [0.5, 0.6) is 0 Å². The zero-order chi connectivity index (χ0) is 35.5. The smallest absolute Gasteiger partial charge is 0.266 e. The van der Waals surface area contributed by atoms with E-state index in [1.165, 1.54) is 30.4 Å². The fourth-order valence-electron chi connectivity index (χ4n) is 6.96. The SMILES string of the molecule is Cc1cc(Cl)ccc1-c1ccc(NC(=O)[C@H](Cc2ccc(C(=O)NCCS(=O)(=O)O)cc2)c2ccc(C3=CCC(C4(C)CC4)CC3)cc2)cc1. The molecule has 50 heavy (non-hydrogen) atoms. The zero-order valence-corrected chi connectivity index (χ0v) is 30.0. The van der Waals surface area contributed by atoms with Crippen molar-refractivity contribution in [2.45, 2.75) is 58.3 Å². The number of carbonyl (C=O) groups is 2. The molecule has 2 aliphatic carbocycles. The molecular weight excluding hydrogens is 668 g/mol. The maximum absolute atomic E-state index is 14.0. The third kappa shape index (κ3) is 8.91. The van der Waals surface area contributed by atoms with Crippen molar-refractivity contribution in [2.24, 2.45) is 11.3 Å². The molecule has 1 fully saturated rings. The second-order valence-corrected chi connectivity index (χ2v) is 16.0. The van der Waals surface area contributed by atoms with Gasteiger partial charge in [-0.15, -0.1) is 0 Å². The first-order valence-electron chi connectivity index (χ1n) is 17.2. The molecule has 0 aromatic heterocycles. The van der Waals surface area contributed by atoms with E-state index in [0.29, 0.717) is 28.1 Å². The molecule has 2 aliphatic rings. The highest BCUT2D eigenvalue weighted by atomic mass is 35.5. The van der Waals surface area contributed by atoms with Crippen molar-refractivity contribution in [1.82, 2.24) is 5.32 Å². The van der Waals surface area contributed by atoms with Gasteiger partial charge in [0.05, 0.1) is 11.7 Å². The minimum absolute atomic E-state index is 0.141. The molecule has 2 atom stereocenters. The molecule has 2 amide bonds. The molecular formula is C41H43ClN2O5S. The second-order valence-electron chi connectivity index (χ2n) is 14.0. The third-order valence-electron chi connectivity index (χ3n) is 10.4. The zero-order valence-electron chi connectivity index (χ0n) is 28.4. The van der Waals surface area contributed by atoms with Crippen LogP contribution in [0, 0.1) is 18.3 Å². The van der Waals surface area contributed by atoms with Crippen LogP contribution in [0.4, 0.5) is 5.69 Å². The molecule has 4 aromatic carbocycles. The van der Waals surface area contributed by atoms with Crippen LogP contribution in [0.15, 0.2) is 97.1 Å². The van der Waals surface area contributed by atoms with E-state index in [1.54, 1.807) is 24.3 Å². The van der Waals surface area contributed by atoms with E-state index in [9.17, 15) is 18.0 Å². The van der Waals surface area contributed by atoms with Gasteiger partial charge in [0, 0.05) is 22.8 Å². The Morgan fingerprint density at radius 1 is 0.940 bits per heavy atom. The first kappa shape index (κ1) is 35.6. The lowest BCUT2D eigenvalue weighted by Gasteiger charge is -2.27. The molecule has 9 heteroatoms. The minimum Gasteiger partial charge on any atom is -0.351 e. The summed E-state index contributed by atoms with van der Waals surface area (Å²) >= 11 is 6.15. The van der Waals surface area contributed by atoms with Gasteiger partial charge in [-0.3, -0.25) is 14.1 Å². The molecule has 6 rings (SSSR count). The van der Waals surface area contributed by atoms with Crippen LogP contribution < -0.4 is 10.6 Å². The van der Waals surface area contributed by atoms with Crippen LogP contribution in [0.2, 0.25) is 5.02 Å². The van der Waals surface area contributed by atoms with E-state index >= 15 is 0 Å². The van der Waals surface area contributed by atoms with E-state index in [-0.39, 0.29) is 12.5 Å². The van der Waals surface area contributed by atoms with E-state index in [2.05, 4.69) is 47.9 Å². The predicted octanol–water partition coefficient (Wildman–Crippen LogP) is 8.88. The van der Waals surface area contributed by atoms with Gasteiger partial charge in [-0.2, -0.15) is 8.42 Å². The first-order chi connectivity index (χ1) is 23.9. The third-order valence-corrected chi connectivity index (χ3v) is 11.3. The number of amides is 2. The molecule has 0 aliphatic heterocycles. The summed E-state index contributed by atoms with van der Waals surface area (Å²) in [4.78, 5) is 26.5. The number of hydrogen-bond donors (Lipinski definition) is 3. The summed E-state index contributed by atoms with van der Waals surface area (Å²) in [6, 6.07) is 28.9. The average Bonchev–Trinajstić information content (AvgIpc) is 3.85. The van der Waals surface area contributed by atoms with Crippen molar-refractivity contribution in [1.29, 1.82) is 0 Å². The average molecular weight is 711 g/mol. The molecule has 0 radical (unpaired) electrons. The quantitative estimate of drug-likeness (QED) is 0.127. The first-order valence-corrected chi connectivity index (χ1v) is 19.1. The Balaban J connectivity index is 1.19. The Morgan fingerprint density at radius 3 is 2.22 bits per heavy atom. The fourth-order valence-corrected chi connectivity index (χ4v) is 7.55. The molecule has 0 saturated heterocycles. The van der Waals surface area contributed by atoms with Gasteiger partial charge < -0.3 is 10.6 Å². The summed E-state index contributed by atoms with van der Waals surface area (Å²) in [5, 5.41) is 6.31. The van der Waals surface area contributed by atoms with Crippen LogP contribution >= 0.6 is 11.6 Å². The number of allylic oxidation sites excluding steroid dienone is 2. The maximum Gasteiger partial charge on any atom is 0.266 e. The Hall–Kier alpha value is -4.24. The normalized spacial score (nSPS) is 17.4. The van der Waals surface area contributed by atoms with Gasteiger partial charge in [0.2, 0.25) is 5.91 Å². The van der Waals surface area contributed by atoms with E-state index < -0.39 is 27.7 Å². The summed E-state index contributed by atoms with van der Waals surface area (Å²) in [6.07, 6.45) is 8.93. The summed E-state index contributed by atoms with van der Waals surface area (Å²) < 4.78 is 30.9. The van der Waals surface area contributed by atoms with E-state index in [0.717, 1.165) is 46.6 Å². The molecule has 0 bridgehead atoms. The van der Waals surface area contributed by atoms with Crippen molar-refractivity contribution < 1.29 is 22.6 Å². The molecule has 7 nitrogen and oxygen atoms in total. The lowest BCUT2D eigenvalue weighted by Crippen LogP contribution is -2.28. The summed E-state index contributed by atoms with van der Waals surface area (Å²) in [5.74, 6) is -0.879. The van der Waals surface area contributed by atoms with Crippen molar-refractivity contribution in [2.75, 3.05) is 17.6 Å². The van der Waals surface area contributed by atoms with Crippen LogP contribution in [-0.4, -0.2) is 37.1 Å². The number of carbonyl (C=O) groups excluding carboxylic acids is 2. The molecule has 1 saturated carbocycles. The standard InChI is InChI=1S/C41H43ClN2O5S/c1-27-25-35(42)17-20-37(27)31-13-18-36(19-14-31)44-40(46)38(26-28-3-5-33(6-4-28)39(45)43-23-24-50(47,48)49)32-9-7-29(8-10-32)30-11-15-34(16-12-30)41(2)21-22-41/h3-11,13-14,17-20,25,34,38H,12,15-16,21-24,26H2,1-2H3,(H,43,45)(H,44,46)(H,47,48,49)/t34?,38-/m1/s1. The second kappa shape index (κ2) is 14.9. The summed E-state index contributed by atoms with van der Waals surface area (Å²) in [6.45, 7) is 4.24. The Labute approximate surface area is 299 Å². The topological polar surface area (TPSA) is 113 Å². The maximum atomic E-state index is 14.0. The van der Waals surface area contributed by atoms with Crippen LogP contribution in [0.3, 0.4) is 0 Å². The Bertz CT molecular complexity index is 2000. The van der Waals surface area contributed by atoms with Gasteiger partial charge in [-0.25, -0.2) is 0 Å². The van der Waals surface area contributed by atoms with Crippen LogP contribution in [0.25, 0.3) is 16.7 Å². The number of halogens is 1. The predicted molar refractivity (Wildman–Crippen MR) is 201 cm³/mol. The van der Waals surface area contributed by atoms with Crippen molar-refractivity contribution >= 4 is 44.8 Å². The molecule has 1 unspecified atom stereocenters. The van der Waals surface area contributed by atoms with Gasteiger partial charge in [0.1, 0.15) is 0 Å². The minimum atomic E-state index is -4.17.